The van der Waals surface area contributed by atoms with E-state index in [0.29, 0.717) is 62.6 Å². The van der Waals surface area contributed by atoms with Gasteiger partial charge in [0.15, 0.2) is 0 Å². The van der Waals surface area contributed by atoms with Crippen molar-refractivity contribution < 1.29 is 28.5 Å². The van der Waals surface area contributed by atoms with E-state index in [2.05, 4.69) is 10.6 Å². The molecular formula is C20H32N2O6. The normalized spacial score (nSPS) is 35.1. The summed E-state index contributed by atoms with van der Waals surface area (Å²) in [4.78, 5) is 23.4. The summed E-state index contributed by atoms with van der Waals surface area (Å²) in [5.74, 6) is 0.855. The number of hydrogen-bond donors (Lipinski definition) is 2. The van der Waals surface area contributed by atoms with E-state index in [-0.39, 0.29) is 12.2 Å². The molecule has 8 nitrogen and oxygen atoms in total. The number of rotatable bonds is 9. The second-order valence-electron chi connectivity index (χ2n) is 8.54. The molecule has 4 aliphatic rings. The first-order valence-corrected chi connectivity index (χ1v) is 10.8. The van der Waals surface area contributed by atoms with Crippen LogP contribution in [0.15, 0.2) is 0 Å². The van der Waals surface area contributed by atoms with Crippen LogP contribution in [0.5, 0.6) is 0 Å². The third kappa shape index (κ3) is 5.98. The fraction of sp³-hybridized carbons (Fsp3) is 0.900. The molecule has 0 aromatic heterocycles. The summed E-state index contributed by atoms with van der Waals surface area (Å²) in [6.45, 7) is 2.03. The van der Waals surface area contributed by atoms with E-state index in [4.69, 9.17) is 18.9 Å². The highest BCUT2D eigenvalue weighted by atomic mass is 16.6. The van der Waals surface area contributed by atoms with Gasteiger partial charge in [0.2, 0.25) is 0 Å². The van der Waals surface area contributed by atoms with E-state index in [9.17, 15) is 9.59 Å². The van der Waals surface area contributed by atoms with Crippen LogP contribution in [-0.2, 0) is 18.9 Å². The highest BCUT2D eigenvalue weighted by molar-refractivity contribution is 5.67. The molecule has 0 aromatic carbocycles. The summed E-state index contributed by atoms with van der Waals surface area (Å²) in [5, 5.41) is 5.52. The van der Waals surface area contributed by atoms with Gasteiger partial charge in [0.25, 0.3) is 0 Å². The van der Waals surface area contributed by atoms with E-state index in [1.54, 1.807) is 0 Å². The Labute approximate surface area is 166 Å². The number of fused-ring (bicyclic) bond motifs is 2. The smallest absolute Gasteiger partial charge is 0.407 e. The number of carbonyl (C=O) groups excluding carboxylic acids is 2. The number of unbranched alkanes of at least 4 members (excludes halogenated alkanes) is 1. The number of carbonyl (C=O) groups is 2. The summed E-state index contributed by atoms with van der Waals surface area (Å²) in [6.07, 6.45) is 8.95. The molecule has 2 saturated heterocycles. The number of alkyl carbamates (subject to hydrolysis) is 2. The zero-order chi connectivity index (χ0) is 19.3. The zero-order valence-electron chi connectivity index (χ0n) is 16.4. The molecule has 2 heterocycles. The molecule has 2 aliphatic heterocycles. The van der Waals surface area contributed by atoms with Crippen LogP contribution in [0.1, 0.15) is 51.4 Å². The van der Waals surface area contributed by atoms with Crippen molar-refractivity contribution in [3.8, 4) is 0 Å². The first-order valence-electron chi connectivity index (χ1n) is 10.8. The van der Waals surface area contributed by atoms with E-state index >= 15 is 0 Å². The van der Waals surface area contributed by atoms with Crippen molar-refractivity contribution in [1.29, 1.82) is 0 Å². The molecule has 0 aromatic rings. The fourth-order valence-electron chi connectivity index (χ4n) is 4.40. The van der Waals surface area contributed by atoms with Crippen molar-refractivity contribution in [2.45, 2.75) is 75.8 Å². The molecule has 158 valence electrons. The molecule has 4 rings (SSSR count). The molecule has 28 heavy (non-hydrogen) atoms. The van der Waals surface area contributed by atoms with Gasteiger partial charge in [0, 0.05) is 13.1 Å². The molecule has 2 N–H and O–H groups in total. The van der Waals surface area contributed by atoms with Gasteiger partial charge < -0.3 is 29.6 Å². The van der Waals surface area contributed by atoms with Gasteiger partial charge >= 0.3 is 12.2 Å². The summed E-state index contributed by atoms with van der Waals surface area (Å²) < 4.78 is 21.5. The van der Waals surface area contributed by atoms with Gasteiger partial charge in [0.1, 0.15) is 0 Å². The minimum Gasteiger partial charge on any atom is -0.449 e. The van der Waals surface area contributed by atoms with Gasteiger partial charge in [-0.1, -0.05) is 0 Å². The third-order valence-electron chi connectivity index (χ3n) is 6.27. The van der Waals surface area contributed by atoms with Gasteiger partial charge in [0.05, 0.1) is 37.6 Å². The van der Waals surface area contributed by atoms with Crippen molar-refractivity contribution in [2.24, 2.45) is 11.8 Å². The minimum absolute atomic E-state index is 0.361. The average Bonchev–Trinajstić information content (AvgIpc) is 3.60. The standard InChI is InChI=1S/C20H32N2O6/c23-19(25-11-13-3-5-15-17(9-13)27-15)21-7-1-2-8-22-20(24)26-12-14-4-6-16-18(10-14)28-16/h13-18H,1-12H2,(H,21,23)(H,22,24). The van der Waals surface area contributed by atoms with Gasteiger partial charge in [-0.3, -0.25) is 0 Å². The molecule has 0 radical (unpaired) electrons. The van der Waals surface area contributed by atoms with Crippen molar-refractivity contribution in [3.63, 3.8) is 0 Å². The molecule has 6 atom stereocenters. The predicted octanol–water partition coefficient (Wildman–Crippen LogP) is 2.35. The molecule has 4 fully saturated rings. The Morgan fingerprint density at radius 2 is 1.18 bits per heavy atom. The molecule has 2 saturated carbocycles. The fourth-order valence-corrected chi connectivity index (χ4v) is 4.40. The van der Waals surface area contributed by atoms with Crippen LogP contribution in [0, 0.1) is 11.8 Å². The number of epoxide rings is 2. The maximum Gasteiger partial charge on any atom is 0.407 e. The lowest BCUT2D eigenvalue weighted by atomic mass is 9.90. The Morgan fingerprint density at radius 3 is 1.61 bits per heavy atom. The first-order chi connectivity index (χ1) is 13.7. The van der Waals surface area contributed by atoms with Gasteiger partial charge in [-0.2, -0.15) is 0 Å². The predicted molar refractivity (Wildman–Crippen MR) is 99.9 cm³/mol. The van der Waals surface area contributed by atoms with Gasteiger partial charge in [-0.25, -0.2) is 9.59 Å². The molecule has 0 bridgehead atoms. The summed E-state index contributed by atoms with van der Waals surface area (Å²) in [7, 11) is 0. The lowest BCUT2D eigenvalue weighted by Crippen LogP contribution is -2.30. The van der Waals surface area contributed by atoms with E-state index in [1.165, 1.54) is 0 Å². The van der Waals surface area contributed by atoms with E-state index < -0.39 is 0 Å². The largest absolute Gasteiger partial charge is 0.449 e. The number of nitrogens with one attached hydrogen (secondary N) is 2. The SMILES string of the molecule is O=C(NCCCCNC(=O)OCC1CCC2OC2C1)OCC1CCC2OC2C1. The summed E-state index contributed by atoms with van der Waals surface area (Å²) in [5.41, 5.74) is 0. The van der Waals surface area contributed by atoms with Crippen molar-refractivity contribution in [3.05, 3.63) is 0 Å². The Balaban J connectivity index is 0.944. The number of ether oxygens (including phenoxy) is 4. The molecule has 0 spiro atoms. The molecular weight excluding hydrogens is 364 g/mol. The summed E-state index contributed by atoms with van der Waals surface area (Å²) in [6, 6.07) is 0. The third-order valence-corrected chi connectivity index (χ3v) is 6.27. The molecule has 2 aliphatic carbocycles. The molecule has 8 heteroatoms. The molecule has 6 unspecified atom stereocenters. The van der Waals surface area contributed by atoms with Gasteiger partial charge in [-0.15, -0.1) is 0 Å². The Morgan fingerprint density at radius 1 is 0.714 bits per heavy atom. The topological polar surface area (TPSA) is 102 Å². The zero-order valence-corrected chi connectivity index (χ0v) is 16.4. The first kappa shape index (κ1) is 19.8. The van der Waals surface area contributed by atoms with Crippen LogP contribution in [-0.4, -0.2) is 62.9 Å². The Kier molecular flexibility index (Phi) is 6.57. The maximum absolute atomic E-state index is 11.7. The van der Waals surface area contributed by atoms with Crippen molar-refractivity contribution in [1.82, 2.24) is 10.6 Å². The van der Waals surface area contributed by atoms with Crippen LogP contribution in [0.4, 0.5) is 9.59 Å². The Bertz CT molecular complexity index is 511. The second-order valence-corrected chi connectivity index (χ2v) is 8.54. The molecule has 2 amide bonds. The quantitative estimate of drug-likeness (QED) is 0.458. The van der Waals surface area contributed by atoms with Crippen molar-refractivity contribution >= 4 is 12.2 Å². The average molecular weight is 396 g/mol. The minimum atomic E-state index is -0.361. The lowest BCUT2D eigenvalue weighted by Gasteiger charge is -2.18. The number of amides is 2. The highest BCUT2D eigenvalue weighted by Gasteiger charge is 2.44. The van der Waals surface area contributed by atoms with Crippen LogP contribution >= 0.6 is 0 Å². The maximum atomic E-state index is 11.7. The summed E-state index contributed by atoms with van der Waals surface area (Å²) >= 11 is 0. The van der Waals surface area contributed by atoms with Crippen LogP contribution in [0.2, 0.25) is 0 Å². The van der Waals surface area contributed by atoms with Crippen LogP contribution in [0.25, 0.3) is 0 Å². The van der Waals surface area contributed by atoms with E-state index in [1.807, 2.05) is 0 Å². The van der Waals surface area contributed by atoms with Crippen LogP contribution in [0.3, 0.4) is 0 Å². The van der Waals surface area contributed by atoms with E-state index in [0.717, 1.165) is 51.4 Å². The lowest BCUT2D eigenvalue weighted by molar-refractivity contribution is 0.116. The number of hydrogen-bond acceptors (Lipinski definition) is 6. The van der Waals surface area contributed by atoms with Crippen LogP contribution < -0.4 is 10.6 Å². The Hall–Kier alpha value is -1.54. The van der Waals surface area contributed by atoms with Gasteiger partial charge in [-0.05, 0) is 63.2 Å². The second kappa shape index (κ2) is 9.31. The highest BCUT2D eigenvalue weighted by Crippen LogP contribution is 2.40. The van der Waals surface area contributed by atoms with Crippen molar-refractivity contribution in [2.75, 3.05) is 26.3 Å². The monoisotopic (exact) mass is 396 g/mol.